The normalized spacial score (nSPS) is 30.5. The first-order chi connectivity index (χ1) is 6.61. The van der Waals surface area contributed by atoms with Crippen LogP contribution in [0.15, 0.2) is 28.3 Å². The van der Waals surface area contributed by atoms with Gasteiger partial charge in [-0.15, -0.1) is 0 Å². The topological polar surface area (TPSA) is 24.4 Å². The molecular weight excluding hydrogens is 179 g/mol. The zero-order chi connectivity index (χ0) is 10.3. The number of nitrogens with one attached hydrogen (secondary N) is 1. The number of hydrogen-bond acceptors (Lipinski definition) is 2. The smallest absolute Gasteiger partial charge is 0.124 e. The van der Waals surface area contributed by atoms with Crippen molar-refractivity contribution in [3.8, 4) is 0 Å². The lowest BCUT2D eigenvalue weighted by Gasteiger charge is -2.25. The maximum Gasteiger partial charge on any atom is 0.124 e. The molecule has 1 heterocycles. The molecule has 2 aliphatic rings. The molecule has 76 valence electrons. The van der Waals surface area contributed by atoms with Crippen LogP contribution >= 0.6 is 0 Å². The van der Waals surface area contributed by atoms with E-state index in [-0.39, 0.29) is 23.6 Å². The highest BCUT2D eigenvalue weighted by Gasteiger charge is 2.32. The molecule has 0 amide bonds. The van der Waals surface area contributed by atoms with Crippen molar-refractivity contribution in [3.63, 3.8) is 0 Å². The lowest BCUT2D eigenvalue weighted by molar-refractivity contribution is 0.510. The van der Waals surface area contributed by atoms with Crippen LogP contribution in [-0.4, -0.2) is 6.21 Å². The first-order valence-electron chi connectivity index (χ1n) is 5.02. The Labute approximate surface area is 83.6 Å². The molecule has 0 radical (unpaired) electrons. The molecule has 1 aliphatic heterocycles. The minimum absolute atomic E-state index is 0.0863. The zero-order valence-electron chi connectivity index (χ0n) is 8.71. The Morgan fingerprint density at radius 3 is 2.86 bits per heavy atom. The van der Waals surface area contributed by atoms with Gasteiger partial charge in [-0.2, -0.15) is 5.10 Å². The highest BCUT2D eigenvalue weighted by molar-refractivity contribution is 5.70. The number of hydrogen-bond donors (Lipinski definition) is 1. The third-order valence-electron chi connectivity index (χ3n) is 2.85. The minimum Gasteiger partial charge on any atom is -0.282 e. The van der Waals surface area contributed by atoms with Gasteiger partial charge in [0.15, 0.2) is 0 Å². The number of fused-ring (bicyclic) bond motifs is 1. The molecule has 1 aliphatic carbocycles. The van der Waals surface area contributed by atoms with Crippen molar-refractivity contribution in [2.75, 3.05) is 0 Å². The molecule has 0 saturated carbocycles. The molecule has 0 aromatic carbocycles. The minimum atomic E-state index is -0.0863. The number of hydrazone groups is 1. The molecule has 3 heteroatoms. The molecule has 2 rings (SSSR count). The predicted octanol–water partition coefficient (Wildman–Crippen LogP) is 2.60. The summed E-state index contributed by atoms with van der Waals surface area (Å²) in [5, 5.41) is 4.01. The maximum absolute atomic E-state index is 13.7. The zero-order valence-corrected chi connectivity index (χ0v) is 8.71. The van der Waals surface area contributed by atoms with E-state index in [4.69, 9.17) is 0 Å². The average molecular weight is 194 g/mol. The molecular formula is C11H15FN2. The van der Waals surface area contributed by atoms with Crippen LogP contribution in [0.3, 0.4) is 0 Å². The van der Waals surface area contributed by atoms with E-state index < -0.39 is 0 Å². The molecule has 2 unspecified atom stereocenters. The molecule has 14 heavy (non-hydrogen) atoms. The van der Waals surface area contributed by atoms with Gasteiger partial charge in [-0.25, -0.2) is 4.39 Å². The van der Waals surface area contributed by atoms with Gasteiger partial charge in [0.1, 0.15) is 5.83 Å². The lowest BCUT2D eigenvalue weighted by Crippen LogP contribution is -2.23. The SMILES string of the molecule is CC(C)C1=C2NN=CC2C(C)C=C1F. The number of halogens is 1. The molecule has 0 spiro atoms. The lowest BCUT2D eigenvalue weighted by atomic mass is 9.81. The molecule has 0 bridgehead atoms. The summed E-state index contributed by atoms with van der Waals surface area (Å²) in [6.07, 6.45) is 3.56. The molecule has 1 N–H and O–H groups in total. The van der Waals surface area contributed by atoms with Crippen LogP contribution in [0.2, 0.25) is 0 Å². The molecule has 0 aromatic heterocycles. The van der Waals surface area contributed by atoms with E-state index in [1.54, 1.807) is 6.08 Å². The van der Waals surface area contributed by atoms with E-state index in [1.165, 1.54) is 0 Å². The second kappa shape index (κ2) is 3.23. The fraction of sp³-hybridized carbons (Fsp3) is 0.545. The van der Waals surface area contributed by atoms with Crippen LogP contribution in [0.25, 0.3) is 0 Å². The van der Waals surface area contributed by atoms with E-state index in [0.29, 0.717) is 0 Å². The van der Waals surface area contributed by atoms with E-state index in [1.807, 2.05) is 27.0 Å². The standard InChI is InChI=1S/C11H15FN2/c1-6(2)10-9(12)4-7(3)8-5-13-14-11(8)10/h4-8,14H,1-3H3. The first kappa shape index (κ1) is 9.44. The van der Waals surface area contributed by atoms with Gasteiger partial charge >= 0.3 is 0 Å². The van der Waals surface area contributed by atoms with Crippen molar-refractivity contribution in [1.82, 2.24) is 5.43 Å². The van der Waals surface area contributed by atoms with Gasteiger partial charge in [-0.05, 0) is 17.9 Å². The monoisotopic (exact) mass is 194 g/mol. The van der Waals surface area contributed by atoms with E-state index in [0.717, 1.165) is 11.3 Å². The fourth-order valence-electron chi connectivity index (χ4n) is 2.11. The van der Waals surface area contributed by atoms with Crippen molar-refractivity contribution in [1.29, 1.82) is 0 Å². The number of allylic oxidation sites excluding steroid dienone is 4. The third-order valence-corrected chi connectivity index (χ3v) is 2.85. The Morgan fingerprint density at radius 2 is 2.21 bits per heavy atom. The second-order valence-corrected chi connectivity index (χ2v) is 4.27. The number of nitrogens with zero attached hydrogens (tertiary/aromatic N) is 1. The quantitative estimate of drug-likeness (QED) is 0.681. The molecule has 0 aromatic rings. The van der Waals surface area contributed by atoms with Crippen LogP contribution in [0.4, 0.5) is 4.39 Å². The van der Waals surface area contributed by atoms with Crippen LogP contribution in [0, 0.1) is 17.8 Å². The van der Waals surface area contributed by atoms with Crippen LogP contribution in [0.5, 0.6) is 0 Å². The van der Waals surface area contributed by atoms with Crippen LogP contribution < -0.4 is 5.43 Å². The first-order valence-corrected chi connectivity index (χ1v) is 5.02. The fourth-order valence-corrected chi connectivity index (χ4v) is 2.11. The van der Waals surface area contributed by atoms with Crippen molar-refractivity contribution in [2.24, 2.45) is 22.9 Å². The van der Waals surface area contributed by atoms with Gasteiger partial charge in [-0.3, -0.25) is 5.43 Å². The van der Waals surface area contributed by atoms with Gasteiger partial charge in [0.25, 0.3) is 0 Å². The van der Waals surface area contributed by atoms with E-state index >= 15 is 0 Å². The van der Waals surface area contributed by atoms with Gasteiger partial charge < -0.3 is 0 Å². The summed E-state index contributed by atoms with van der Waals surface area (Å²) < 4.78 is 13.7. The Morgan fingerprint density at radius 1 is 1.50 bits per heavy atom. The van der Waals surface area contributed by atoms with Gasteiger partial charge in [-0.1, -0.05) is 20.8 Å². The molecule has 0 fully saturated rings. The Hall–Kier alpha value is -1.12. The van der Waals surface area contributed by atoms with Gasteiger partial charge in [0.05, 0.1) is 0 Å². The molecule has 0 saturated heterocycles. The average Bonchev–Trinajstić information content (AvgIpc) is 2.51. The summed E-state index contributed by atoms with van der Waals surface area (Å²) in [6, 6.07) is 0. The Balaban J connectivity index is 2.45. The summed E-state index contributed by atoms with van der Waals surface area (Å²) >= 11 is 0. The highest BCUT2D eigenvalue weighted by Crippen LogP contribution is 2.37. The van der Waals surface area contributed by atoms with E-state index in [2.05, 4.69) is 10.5 Å². The van der Waals surface area contributed by atoms with Crippen molar-refractivity contribution < 1.29 is 4.39 Å². The third kappa shape index (κ3) is 1.27. The second-order valence-electron chi connectivity index (χ2n) is 4.27. The van der Waals surface area contributed by atoms with Crippen LogP contribution in [-0.2, 0) is 0 Å². The predicted molar refractivity (Wildman–Crippen MR) is 55.3 cm³/mol. The van der Waals surface area contributed by atoms with Crippen LogP contribution in [0.1, 0.15) is 20.8 Å². The maximum atomic E-state index is 13.7. The highest BCUT2D eigenvalue weighted by atomic mass is 19.1. The van der Waals surface area contributed by atoms with Crippen molar-refractivity contribution in [2.45, 2.75) is 20.8 Å². The largest absolute Gasteiger partial charge is 0.282 e. The van der Waals surface area contributed by atoms with E-state index in [9.17, 15) is 4.39 Å². The number of rotatable bonds is 1. The summed E-state index contributed by atoms with van der Waals surface area (Å²) in [6.45, 7) is 6.02. The Bertz CT molecular complexity index is 339. The Kier molecular flexibility index (Phi) is 2.17. The summed E-state index contributed by atoms with van der Waals surface area (Å²) in [7, 11) is 0. The van der Waals surface area contributed by atoms with Crippen molar-refractivity contribution in [3.05, 3.63) is 23.2 Å². The molecule has 2 nitrogen and oxygen atoms in total. The summed E-state index contributed by atoms with van der Waals surface area (Å²) in [5.74, 6) is 0.556. The summed E-state index contributed by atoms with van der Waals surface area (Å²) in [4.78, 5) is 0. The summed E-state index contributed by atoms with van der Waals surface area (Å²) in [5.41, 5.74) is 4.65. The molecule has 2 atom stereocenters. The van der Waals surface area contributed by atoms with Crippen molar-refractivity contribution >= 4 is 6.21 Å². The van der Waals surface area contributed by atoms with Gasteiger partial charge in [0.2, 0.25) is 0 Å². The van der Waals surface area contributed by atoms with Gasteiger partial charge in [0, 0.05) is 23.4 Å².